The third kappa shape index (κ3) is 3.47. The molecule has 2 rings (SSSR count). The Morgan fingerprint density at radius 2 is 1.74 bits per heavy atom. The van der Waals surface area contributed by atoms with Crippen LogP contribution in [0, 0.1) is 5.82 Å². The number of nitrogen functional groups attached to an aromatic ring is 1. The Morgan fingerprint density at radius 1 is 1.11 bits per heavy atom. The third-order valence-electron chi connectivity index (χ3n) is 1.90. The molecule has 19 heavy (non-hydrogen) atoms. The predicted octanol–water partition coefficient (Wildman–Crippen LogP) is 1.57. The Hall–Kier alpha value is -2.51. The van der Waals surface area contributed by atoms with Gasteiger partial charge in [0.1, 0.15) is 0 Å². The normalized spacial score (nSPS) is 10.5. The summed E-state index contributed by atoms with van der Waals surface area (Å²) in [5.74, 6) is -0.697. The summed E-state index contributed by atoms with van der Waals surface area (Å²) in [6.07, 6.45) is 3.70. The molecule has 7 nitrogen and oxygen atoms in total. The van der Waals surface area contributed by atoms with Crippen molar-refractivity contribution >= 4 is 5.82 Å². The van der Waals surface area contributed by atoms with Crippen molar-refractivity contribution < 1.29 is 13.9 Å². The summed E-state index contributed by atoms with van der Waals surface area (Å²) in [5, 5.41) is 0. The highest BCUT2D eigenvalue weighted by Crippen LogP contribution is 2.18. The fraction of sp³-hybridized carbons (Fsp3) is 0.273. The summed E-state index contributed by atoms with van der Waals surface area (Å²) >= 11 is 0. The Bertz CT molecular complexity index is 562. The molecule has 2 aromatic heterocycles. The molecule has 0 saturated carbocycles. The zero-order valence-corrected chi connectivity index (χ0v) is 10.4. The molecule has 2 aromatic rings. The molecule has 0 spiro atoms. The molecule has 0 aliphatic heterocycles. The molecule has 2 N–H and O–H groups in total. The average Bonchev–Trinajstić information content (AvgIpc) is 2.36. The van der Waals surface area contributed by atoms with E-state index in [0.717, 1.165) is 6.20 Å². The number of anilines is 1. The zero-order chi connectivity index (χ0) is 13.8. The molecule has 0 unspecified atom stereocenters. The highest BCUT2D eigenvalue weighted by atomic mass is 19.1. The molecule has 0 aromatic carbocycles. The molecular formula is C11H12FN5O2. The maximum atomic E-state index is 12.9. The summed E-state index contributed by atoms with van der Waals surface area (Å²) in [6.45, 7) is 3.73. The molecule has 0 amide bonds. The van der Waals surface area contributed by atoms with E-state index in [0.29, 0.717) is 5.75 Å². The lowest BCUT2D eigenvalue weighted by Gasteiger charge is -2.07. The largest absolute Gasteiger partial charge is 0.461 e. The maximum absolute atomic E-state index is 12.9. The van der Waals surface area contributed by atoms with Gasteiger partial charge in [0, 0.05) is 0 Å². The van der Waals surface area contributed by atoms with Crippen molar-refractivity contribution in [3.63, 3.8) is 0 Å². The van der Waals surface area contributed by atoms with Gasteiger partial charge in [0.25, 0.3) is 0 Å². The minimum Gasteiger partial charge on any atom is -0.461 e. The van der Waals surface area contributed by atoms with Gasteiger partial charge in [-0.05, 0) is 13.8 Å². The smallest absolute Gasteiger partial charge is 0.324 e. The number of aromatic nitrogens is 4. The van der Waals surface area contributed by atoms with Crippen molar-refractivity contribution in [1.82, 2.24) is 19.9 Å². The monoisotopic (exact) mass is 265 g/mol. The van der Waals surface area contributed by atoms with Crippen LogP contribution in [-0.4, -0.2) is 26.0 Å². The molecule has 8 heteroatoms. The summed E-state index contributed by atoms with van der Waals surface area (Å²) in [5.41, 5.74) is 5.30. The van der Waals surface area contributed by atoms with Crippen LogP contribution in [-0.2, 0) is 0 Å². The van der Waals surface area contributed by atoms with Gasteiger partial charge in [0.15, 0.2) is 17.4 Å². The lowest BCUT2D eigenvalue weighted by atomic mass is 10.5. The fourth-order valence-electron chi connectivity index (χ4n) is 1.15. The lowest BCUT2D eigenvalue weighted by molar-refractivity contribution is 0.221. The molecule has 0 saturated heterocycles. The van der Waals surface area contributed by atoms with Gasteiger partial charge in [-0.1, -0.05) is 0 Å². The second-order valence-electron chi connectivity index (χ2n) is 3.86. The first-order chi connectivity index (χ1) is 9.04. The van der Waals surface area contributed by atoms with E-state index in [-0.39, 0.29) is 23.9 Å². The van der Waals surface area contributed by atoms with E-state index in [2.05, 4.69) is 19.9 Å². The van der Waals surface area contributed by atoms with Crippen LogP contribution >= 0.6 is 0 Å². The van der Waals surface area contributed by atoms with Crippen LogP contribution in [0.3, 0.4) is 0 Å². The molecule has 0 aliphatic rings. The Balaban J connectivity index is 2.08. The standard InChI is InChI=1S/C11H12FN5O2/c1-6(2)18-10-14-3-7(4-15-10)19-11-16-5-8(12)9(13)17-11/h3-6H,1-2H3,(H2,13,16,17). The lowest BCUT2D eigenvalue weighted by Crippen LogP contribution is -2.08. The molecule has 0 atom stereocenters. The highest BCUT2D eigenvalue weighted by Gasteiger charge is 2.07. The average molecular weight is 265 g/mol. The Morgan fingerprint density at radius 3 is 2.32 bits per heavy atom. The number of nitrogens with zero attached hydrogens (tertiary/aromatic N) is 4. The Kier molecular flexibility index (Phi) is 3.69. The van der Waals surface area contributed by atoms with Crippen molar-refractivity contribution in [2.24, 2.45) is 0 Å². The van der Waals surface area contributed by atoms with Gasteiger partial charge in [-0.2, -0.15) is 15.0 Å². The van der Waals surface area contributed by atoms with Crippen LogP contribution in [0.15, 0.2) is 18.6 Å². The topological polar surface area (TPSA) is 96.0 Å². The van der Waals surface area contributed by atoms with Gasteiger partial charge in [-0.3, -0.25) is 0 Å². The molecule has 0 fully saturated rings. The first-order valence-electron chi connectivity index (χ1n) is 5.49. The number of ether oxygens (including phenoxy) is 2. The van der Waals surface area contributed by atoms with E-state index in [4.69, 9.17) is 15.2 Å². The van der Waals surface area contributed by atoms with Crippen LogP contribution in [0.5, 0.6) is 17.8 Å². The Labute approximate surface area is 108 Å². The summed E-state index contributed by atoms with van der Waals surface area (Å²) in [7, 11) is 0. The fourth-order valence-corrected chi connectivity index (χ4v) is 1.15. The van der Waals surface area contributed by atoms with Crippen LogP contribution < -0.4 is 15.2 Å². The molecule has 0 radical (unpaired) electrons. The van der Waals surface area contributed by atoms with Crippen molar-refractivity contribution in [2.45, 2.75) is 20.0 Å². The van der Waals surface area contributed by atoms with E-state index >= 15 is 0 Å². The number of hydrogen-bond donors (Lipinski definition) is 1. The molecule has 2 heterocycles. The first-order valence-corrected chi connectivity index (χ1v) is 5.49. The van der Waals surface area contributed by atoms with Gasteiger partial charge in [0.2, 0.25) is 0 Å². The second-order valence-corrected chi connectivity index (χ2v) is 3.86. The quantitative estimate of drug-likeness (QED) is 0.896. The van der Waals surface area contributed by atoms with E-state index in [1.54, 1.807) is 0 Å². The number of halogens is 1. The number of rotatable bonds is 4. The van der Waals surface area contributed by atoms with E-state index in [1.807, 2.05) is 13.8 Å². The molecule has 100 valence electrons. The zero-order valence-electron chi connectivity index (χ0n) is 10.4. The van der Waals surface area contributed by atoms with Crippen LogP contribution in [0.4, 0.5) is 10.2 Å². The van der Waals surface area contributed by atoms with Gasteiger partial charge >= 0.3 is 12.0 Å². The minimum absolute atomic E-state index is 0.0213. The van der Waals surface area contributed by atoms with E-state index in [9.17, 15) is 4.39 Å². The second kappa shape index (κ2) is 5.42. The van der Waals surface area contributed by atoms with E-state index < -0.39 is 5.82 Å². The third-order valence-corrected chi connectivity index (χ3v) is 1.90. The number of nitrogens with two attached hydrogens (primary N) is 1. The number of hydrogen-bond acceptors (Lipinski definition) is 7. The molecule has 0 bridgehead atoms. The summed E-state index contributed by atoms with van der Waals surface area (Å²) < 4.78 is 23.4. The predicted molar refractivity (Wildman–Crippen MR) is 64.3 cm³/mol. The maximum Gasteiger partial charge on any atom is 0.324 e. The van der Waals surface area contributed by atoms with Gasteiger partial charge in [0.05, 0.1) is 24.7 Å². The van der Waals surface area contributed by atoms with Crippen molar-refractivity contribution in [1.29, 1.82) is 0 Å². The molecular weight excluding hydrogens is 253 g/mol. The highest BCUT2D eigenvalue weighted by molar-refractivity contribution is 5.30. The summed E-state index contributed by atoms with van der Waals surface area (Å²) in [4.78, 5) is 15.1. The van der Waals surface area contributed by atoms with Crippen LogP contribution in [0.2, 0.25) is 0 Å². The molecule has 0 aliphatic carbocycles. The summed E-state index contributed by atoms with van der Waals surface area (Å²) in [6, 6.07) is 0.155. The van der Waals surface area contributed by atoms with Crippen molar-refractivity contribution in [3.8, 4) is 17.8 Å². The SMILES string of the molecule is CC(C)Oc1ncc(Oc2ncc(F)c(N)n2)cn1. The van der Waals surface area contributed by atoms with Gasteiger partial charge in [-0.25, -0.2) is 9.37 Å². The van der Waals surface area contributed by atoms with Gasteiger partial charge < -0.3 is 15.2 Å². The van der Waals surface area contributed by atoms with Gasteiger partial charge in [-0.15, -0.1) is 0 Å². The first kappa shape index (κ1) is 12.9. The van der Waals surface area contributed by atoms with Crippen molar-refractivity contribution in [3.05, 3.63) is 24.4 Å². The van der Waals surface area contributed by atoms with Crippen LogP contribution in [0.25, 0.3) is 0 Å². The minimum atomic E-state index is -0.704. The van der Waals surface area contributed by atoms with E-state index in [1.165, 1.54) is 12.4 Å². The van der Waals surface area contributed by atoms with Crippen molar-refractivity contribution in [2.75, 3.05) is 5.73 Å². The van der Waals surface area contributed by atoms with Crippen LogP contribution in [0.1, 0.15) is 13.8 Å².